The molecule has 4 heteroatoms. The van der Waals surface area contributed by atoms with Crippen LogP contribution < -0.4 is 4.90 Å². The SMILES string of the molecule is c1ccc2c(c1)Sc1ccccc1C21c2ccccc2-c2cc(N(c3ccc(-c4ccc5sc6ccccc6c5c4)cc3)c3ccc4c(c3)C3(c5ccccc5Sc5ccccc53)c3ccccc3-4)ccc21. The molecule has 0 unspecified atom stereocenters. The van der Waals surface area contributed by atoms with E-state index in [9.17, 15) is 0 Å². The van der Waals surface area contributed by atoms with E-state index in [1.807, 2.05) is 34.9 Å². The highest BCUT2D eigenvalue weighted by molar-refractivity contribution is 7.99. The molecule has 16 rings (SSSR count). The highest BCUT2D eigenvalue weighted by atomic mass is 32.2. The Hall–Kier alpha value is -7.86. The van der Waals surface area contributed by atoms with E-state index in [0.717, 1.165) is 17.1 Å². The van der Waals surface area contributed by atoms with Crippen LogP contribution in [0.4, 0.5) is 17.1 Å². The van der Waals surface area contributed by atoms with Crippen LogP contribution >= 0.6 is 34.9 Å². The lowest BCUT2D eigenvalue weighted by Crippen LogP contribution is -2.32. The molecule has 1 nitrogen and oxygen atoms in total. The molecule has 2 spiro atoms. The van der Waals surface area contributed by atoms with Crippen molar-refractivity contribution in [3.05, 3.63) is 293 Å². The van der Waals surface area contributed by atoms with Crippen molar-refractivity contribution in [1.82, 2.24) is 0 Å². The van der Waals surface area contributed by atoms with Gasteiger partial charge in [0.05, 0.1) is 10.8 Å². The summed E-state index contributed by atoms with van der Waals surface area (Å²) in [6, 6.07) is 94.3. The normalized spacial score (nSPS) is 14.5. The first kappa shape index (κ1) is 40.8. The van der Waals surface area contributed by atoms with Crippen LogP contribution in [0.25, 0.3) is 53.6 Å². The highest BCUT2D eigenvalue weighted by Crippen LogP contribution is 2.65. The largest absolute Gasteiger partial charge is 0.310 e. The van der Waals surface area contributed by atoms with Crippen LogP contribution in [0.15, 0.2) is 268 Å². The van der Waals surface area contributed by atoms with Crippen LogP contribution in [0, 0.1) is 0 Å². The van der Waals surface area contributed by atoms with Gasteiger partial charge in [-0.15, -0.1) is 11.3 Å². The highest BCUT2D eigenvalue weighted by Gasteiger charge is 2.52. The zero-order valence-corrected chi connectivity index (χ0v) is 41.3. The Labute approximate surface area is 431 Å². The molecule has 0 radical (unpaired) electrons. The Morgan fingerprint density at radius 1 is 0.264 bits per heavy atom. The molecule has 0 N–H and O–H groups in total. The van der Waals surface area contributed by atoms with Crippen molar-refractivity contribution in [2.45, 2.75) is 30.4 Å². The van der Waals surface area contributed by atoms with Crippen molar-refractivity contribution in [1.29, 1.82) is 0 Å². The van der Waals surface area contributed by atoms with Crippen LogP contribution in [0.3, 0.4) is 0 Å². The van der Waals surface area contributed by atoms with E-state index in [1.165, 1.54) is 118 Å². The second kappa shape index (κ2) is 15.3. The Kier molecular flexibility index (Phi) is 8.69. The molecule has 12 aromatic rings. The summed E-state index contributed by atoms with van der Waals surface area (Å²) >= 11 is 5.65. The maximum atomic E-state index is 2.52. The minimum absolute atomic E-state index is 0.449. The predicted molar refractivity (Wildman–Crippen MR) is 302 cm³/mol. The number of hydrogen-bond donors (Lipinski definition) is 0. The first-order valence-electron chi connectivity index (χ1n) is 24.7. The summed E-state index contributed by atoms with van der Waals surface area (Å²) in [6.07, 6.45) is 0. The second-order valence-electron chi connectivity index (χ2n) is 19.4. The Bertz CT molecular complexity index is 4170. The third kappa shape index (κ3) is 5.47. The van der Waals surface area contributed by atoms with Gasteiger partial charge in [-0.25, -0.2) is 0 Å². The van der Waals surface area contributed by atoms with Crippen molar-refractivity contribution >= 4 is 72.1 Å². The summed E-state index contributed by atoms with van der Waals surface area (Å²) in [7, 11) is 0. The van der Waals surface area contributed by atoms with E-state index >= 15 is 0 Å². The van der Waals surface area contributed by atoms with Crippen molar-refractivity contribution in [2.75, 3.05) is 4.90 Å². The molecule has 0 saturated carbocycles. The second-order valence-corrected chi connectivity index (χ2v) is 22.7. The average molecular weight is 968 g/mol. The lowest BCUT2D eigenvalue weighted by atomic mass is 9.67. The van der Waals surface area contributed by atoms with E-state index in [1.54, 1.807) is 0 Å². The maximum absolute atomic E-state index is 2.52. The number of hydrogen-bond acceptors (Lipinski definition) is 4. The van der Waals surface area contributed by atoms with Gasteiger partial charge in [0.15, 0.2) is 0 Å². The zero-order valence-electron chi connectivity index (χ0n) is 38.8. The summed E-state index contributed by atoms with van der Waals surface area (Å²) in [6.45, 7) is 0. The van der Waals surface area contributed by atoms with E-state index in [-0.39, 0.29) is 0 Å². The fourth-order valence-corrected chi connectivity index (χ4v) is 16.6. The molecule has 1 aromatic heterocycles. The van der Waals surface area contributed by atoms with Gasteiger partial charge < -0.3 is 4.90 Å². The smallest absolute Gasteiger partial charge is 0.0736 e. The lowest BCUT2D eigenvalue weighted by molar-refractivity contribution is 0.722. The van der Waals surface area contributed by atoms with Crippen molar-refractivity contribution in [2.24, 2.45) is 0 Å². The molecular weight excluding hydrogens is 927 g/mol. The summed E-state index contributed by atoms with van der Waals surface area (Å²) < 4.78 is 2.65. The molecule has 4 aliphatic rings. The molecule has 2 aliphatic heterocycles. The van der Waals surface area contributed by atoms with Gasteiger partial charge in [-0.2, -0.15) is 0 Å². The number of rotatable bonds is 4. The van der Waals surface area contributed by atoms with E-state index in [0.29, 0.717) is 0 Å². The topological polar surface area (TPSA) is 3.24 Å². The van der Waals surface area contributed by atoms with Gasteiger partial charge in [-0.05, 0) is 157 Å². The summed E-state index contributed by atoms with van der Waals surface area (Å²) in [4.78, 5) is 7.75. The van der Waals surface area contributed by atoms with Gasteiger partial charge in [0, 0.05) is 56.8 Å². The van der Waals surface area contributed by atoms with E-state index in [2.05, 4.69) is 254 Å². The molecule has 0 fully saturated rings. The fraction of sp³-hybridized carbons (Fsp3) is 0.0294. The molecule has 0 amide bonds. The summed E-state index contributed by atoms with van der Waals surface area (Å²) in [5, 5.41) is 2.63. The minimum Gasteiger partial charge on any atom is -0.310 e. The minimum atomic E-state index is -0.497. The molecule has 336 valence electrons. The average Bonchev–Trinajstić information content (AvgIpc) is 4.07. The van der Waals surface area contributed by atoms with Gasteiger partial charge in [-0.3, -0.25) is 0 Å². The van der Waals surface area contributed by atoms with Crippen LogP contribution in [0.5, 0.6) is 0 Å². The Balaban J connectivity index is 0.929. The number of benzene rings is 11. The van der Waals surface area contributed by atoms with Crippen molar-refractivity contribution in [3.63, 3.8) is 0 Å². The van der Waals surface area contributed by atoms with Gasteiger partial charge in [0.2, 0.25) is 0 Å². The molecule has 0 bridgehead atoms. The number of nitrogens with zero attached hydrogens (tertiary/aromatic N) is 1. The maximum Gasteiger partial charge on any atom is 0.0736 e. The van der Waals surface area contributed by atoms with Gasteiger partial charge in [-0.1, -0.05) is 193 Å². The van der Waals surface area contributed by atoms with E-state index < -0.39 is 10.8 Å². The molecule has 11 aromatic carbocycles. The number of anilines is 3. The fourth-order valence-electron chi connectivity index (χ4n) is 13.1. The molecule has 0 atom stereocenters. The van der Waals surface area contributed by atoms with Crippen LogP contribution in [-0.2, 0) is 10.8 Å². The number of fused-ring (bicyclic) bond motifs is 21. The third-order valence-electron chi connectivity index (χ3n) is 16.0. The standard InChI is InChI=1S/C68H41NS3/c1-4-18-53-47(15-1)49-36-34-46(41-60(49)68(53)58-22-8-13-27-65(58)72-66-28-14-9-23-59(66)68)69(44-32-29-42(30-33-44)43-31-38-62-52(39-43)50-17-3-10-24-61(50)70-62)45-35-37-55-51(40-45)48-16-2-5-19-54(48)67(55)56-20-6-11-25-63(56)71-64-26-12-7-21-57(64)67/h1-41H. The van der Waals surface area contributed by atoms with Crippen molar-refractivity contribution < 1.29 is 0 Å². The first-order valence-corrected chi connectivity index (χ1v) is 27.2. The Morgan fingerprint density at radius 2 is 0.694 bits per heavy atom. The predicted octanol–water partition coefficient (Wildman–Crippen LogP) is 18.8. The van der Waals surface area contributed by atoms with Gasteiger partial charge >= 0.3 is 0 Å². The molecule has 72 heavy (non-hydrogen) atoms. The lowest BCUT2D eigenvalue weighted by Gasteiger charge is -2.40. The molecular formula is C68H41NS3. The van der Waals surface area contributed by atoms with Crippen LogP contribution in [-0.4, -0.2) is 0 Å². The van der Waals surface area contributed by atoms with Crippen LogP contribution in [0.2, 0.25) is 0 Å². The first-order chi connectivity index (χ1) is 35.7. The zero-order chi connectivity index (χ0) is 47.1. The number of thiophene rings is 1. The Morgan fingerprint density at radius 3 is 1.32 bits per heavy atom. The summed E-state index contributed by atoms with van der Waals surface area (Å²) in [5.41, 5.74) is 20.7. The van der Waals surface area contributed by atoms with E-state index in [4.69, 9.17) is 0 Å². The third-order valence-corrected chi connectivity index (χ3v) is 19.5. The monoisotopic (exact) mass is 967 g/mol. The van der Waals surface area contributed by atoms with Crippen molar-refractivity contribution in [3.8, 4) is 33.4 Å². The molecule has 2 aliphatic carbocycles. The van der Waals surface area contributed by atoms with Gasteiger partial charge in [0.25, 0.3) is 0 Å². The molecule has 3 heterocycles. The van der Waals surface area contributed by atoms with Gasteiger partial charge in [0.1, 0.15) is 0 Å². The quantitative estimate of drug-likeness (QED) is 0.173. The summed E-state index contributed by atoms with van der Waals surface area (Å²) in [5.74, 6) is 0. The molecule has 0 saturated heterocycles. The van der Waals surface area contributed by atoms with Crippen LogP contribution in [0.1, 0.15) is 44.5 Å².